The first-order chi connectivity index (χ1) is 9.03. The molecule has 2 aromatic rings. The predicted octanol–water partition coefficient (Wildman–Crippen LogP) is 1.22. The van der Waals surface area contributed by atoms with Gasteiger partial charge >= 0.3 is 0 Å². The molecule has 2 heterocycles. The van der Waals surface area contributed by atoms with Crippen LogP contribution in [0.2, 0.25) is 0 Å². The quantitative estimate of drug-likeness (QED) is 0.740. The van der Waals surface area contributed by atoms with Crippen molar-refractivity contribution in [2.75, 3.05) is 11.3 Å². The molecule has 104 valence electrons. The highest BCUT2D eigenvalue weighted by atomic mass is 32.2. The molecular formula is C11H16N4O3S. The Hall–Kier alpha value is -1.80. The fourth-order valence-electron chi connectivity index (χ4n) is 1.64. The average Bonchev–Trinajstić information content (AvgIpc) is 2.95. The third-order valence-electron chi connectivity index (χ3n) is 2.51. The van der Waals surface area contributed by atoms with Gasteiger partial charge in [0.15, 0.2) is 0 Å². The minimum absolute atomic E-state index is 0.140. The van der Waals surface area contributed by atoms with E-state index in [1.165, 1.54) is 18.5 Å². The van der Waals surface area contributed by atoms with Gasteiger partial charge < -0.3 is 9.73 Å². The summed E-state index contributed by atoms with van der Waals surface area (Å²) in [6, 6.07) is 1.53. The van der Waals surface area contributed by atoms with Gasteiger partial charge in [0, 0.05) is 12.3 Å². The first kappa shape index (κ1) is 13.6. The Balaban J connectivity index is 2.22. The van der Waals surface area contributed by atoms with E-state index in [1.807, 2.05) is 6.92 Å². The lowest BCUT2D eigenvalue weighted by molar-refractivity contribution is 0.460. The van der Waals surface area contributed by atoms with Crippen LogP contribution in [0.5, 0.6) is 0 Å². The zero-order valence-corrected chi connectivity index (χ0v) is 11.5. The van der Waals surface area contributed by atoms with Crippen molar-refractivity contribution in [1.29, 1.82) is 0 Å². The summed E-state index contributed by atoms with van der Waals surface area (Å²) in [4.78, 5) is 0.140. The number of aromatic nitrogens is 2. The van der Waals surface area contributed by atoms with Crippen molar-refractivity contribution >= 4 is 15.7 Å². The van der Waals surface area contributed by atoms with E-state index in [0.29, 0.717) is 23.8 Å². The molecule has 0 aliphatic carbocycles. The van der Waals surface area contributed by atoms with Crippen molar-refractivity contribution in [3.05, 3.63) is 30.0 Å². The van der Waals surface area contributed by atoms with E-state index in [-0.39, 0.29) is 4.90 Å². The highest BCUT2D eigenvalue weighted by molar-refractivity contribution is 7.92. The van der Waals surface area contributed by atoms with Crippen LogP contribution >= 0.6 is 0 Å². The largest absolute Gasteiger partial charge is 0.464 e. The second-order valence-electron chi connectivity index (χ2n) is 4.01. The van der Waals surface area contributed by atoms with Crippen LogP contribution in [0.1, 0.15) is 18.4 Å². The lowest BCUT2D eigenvalue weighted by atomic mass is 10.4. The van der Waals surface area contributed by atoms with Gasteiger partial charge in [-0.3, -0.25) is 9.82 Å². The van der Waals surface area contributed by atoms with E-state index in [2.05, 4.69) is 20.2 Å². The smallest absolute Gasteiger partial charge is 0.265 e. The molecule has 2 aromatic heterocycles. The van der Waals surface area contributed by atoms with E-state index in [4.69, 9.17) is 4.42 Å². The Labute approximate surface area is 111 Å². The molecule has 0 atom stereocenters. The Morgan fingerprint density at radius 2 is 2.26 bits per heavy atom. The maximum atomic E-state index is 12.2. The lowest BCUT2D eigenvalue weighted by Crippen LogP contribution is -2.13. The number of hydrogen-bond donors (Lipinski definition) is 3. The van der Waals surface area contributed by atoms with Gasteiger partial charge in [0.25, 0.3) is 10.0 Å². The van der Waals surface area contributed by atoms with Crippen LogP contribution in [0.25, 0.3) is 0 Å². The van der Waals surface area contributed by atoms with Crippen LogP contribution in [0.15, 0.2) is 27.8 Å². The molecule has 0 saturated heterocycles. The molecule has 0 amide bonds. The highest BCUT2D eigenvalue weighted by Gasteiger charge is 2.21. The lowest BCUT2D eigenvalue weighted by Gasteiger charge is -2.03. The van der Waals surface area contributed by atoms with Crippen molar-refractivity contribution in [1.82, 2.24) is 15.5 Å². The van der Waals surface area contributed by atoms with Gasteiger partial charge in [-0.05, 0) is 13.5 Å². The third kappa shape index (κ3) is 3.15. The fourth-order valence-corrected chi connectivity index (χ4v) is 2.88. The first-order valence-electron chi connectivity index (χ1n) is 5.84. The molecule has 0 aromatic carbocycles. The molecule has 19 heavy (non-hydrogen) atoms. The van der Waals surface area contributed by atoms with Gasteiger partial charge in [-0.1, -0.05) is 6.92 Å². The summed E-state index contributed by atoms with van der Waals surface area (Å²) >= 11 is 0. The van der Waals surface area contributed by atoms with Crippen LogP contribution in [0.4, 0.5) is 5.69 Å². The van der Waals surface area contributed by atoms with Gasteiger partial charge in [-0.25, -0.2) is 8.42 Å². The van der Waals surface area contributed by atoms with E-state index < -0.39 is 10.0 Å². The summed E-state index contributed by atoms with van der Waals surface area (Å²) in [5.74, 6) is 0.954. The summed E-state index contributed by atoms with van der Waals surface area (Å²) in [5.41, 5.74) is 0.383. The molecule has 2 rings (SSSR count). The molecule has 0 aliphatic rings. The number of aryl methyl sites for hydroxylation is 1. The Kier molecular flexibility index (Phi) is 3.91. The second kappa shape index (κ2) is 5.45. The maximum absolute atomic E-state index is 12.2. The minimum Gasteiger partial charge on any atom is -0.464 e. The topological polar surface area (TPSA) is 100 Å². The second-order valence-corrected chi connectivity index (χ2v) is 5.66. The molecule has 0 saturated carbocycles. The molecule has 0 aliphatic heterocycles. The van der Waals surface area contributed by atoms with Crippen molar-refractivity contribution in [3.63, 3.8) is 0 Å². The fraction of sp³-hybridized carbons (Fsp3) is 0.364. The average molecular weight is 284 g/mol. The van der Waals surface area contributed by atoms with Crippen molar-refractivity contribution < 1.29 is 12.8 Å². The Bertz CT molecular complexity index is 631. The molecule has 0 fully saturated rings. The van der Waals surface area contributed by atoms with Crippen molar-refractivity contribution in [2.45, 2.75) is 25.3 Å². The van der Waals surface area contributed by atoms with E-state index in [0.717, 1.165) is 6.54 Å². The number of rotatable bonds is 6. The van der Waals surface area contributed by atoms with Gasteiger partial charge in [0.05, 0.1) is 18.4 Å². The van der Waals surface area contributed by atoms with Crippen LogP contribution in [0, 0.1) is 6.92 Å². The Morgan fingerprint density at radius 1 is 1.47 bits per heavy atom. The van der Waals surface area contributed by atoms with Crippen molar-refractivity contribution in [2.24, 2.45) is 0 Å². The summed E-state index contributed by atoms with van der Waals surface area (Å²) < 4.78 is 32.2. The number of hydrogen-bond acceptors (Lipinski definition) is 5. The number of anilines is 1. The van der Waals surface area contributed by atoms with Crippen LogP contribution < -0.4 is 10.0 Å². The van der Waals surface area contributed by atoms with Gasteiger partial charge in [-0.15, -0.1) is 0 Å². The zero-order valence-electron chi connectivity index (χ0n) is 10.7. The predicted molar refractivity (Wildman–Crippen MR) is 70.2 cm³/mol. The number of H-pyrrole nitrogens is 1. The van der Waals surface area contributed by atoms with E-state index in [1.54, 1.807) is 6.92 Å². The number of sulfonamides is 1. The molecule has 3 N–H and O–H groups in total. The third-order valence-corrected chi connectivity index (χ3v) is 4.00. The van der Waals surface area contributed by atoms with Gasteiger partial charge in [0.1, 0.15) is 16.4 Å². The molecule has 0 radical (unpaired) electrons. The highest BCUT2D eigenvalue weighted by Crippen LogP contribution is 2.22. The standard InChI is InChI=1S/C11H16N4O3S/c1-3-12-7-10-4-11(8(2)18-10)19(16,17)15-9-5-13-14-6-9/h4-6,12,15H,3,7H2,1-2H3,(H,13,14). The molecular weight excluding hydrogens is 268 g/mol. The van der Waals surface area contributed by atoms with Gasteiger partial charge in [-0.2, -0.15) is 5.10 Å². The zero-order chi connectivity index (χ0) is 13.9. The van der Waals surface area contributed by atoms with E-state index in [9.17, 15) is 8.42 Å². The van der Waals surface area contributed by atoms with Crippen LogP contribution in [0.3, 0.4) is 0 Å². The maximum Gasteiger partial charge on any atom is 0.265 e. The summed E-state index contributed by atoms with van der Waals surface area (Å²) in [6.07, 6.45) is 2.86. The molecule has 8 heteroatoms. The minimum atomic E-state index is -3.65. The normalized spacial score (nSPS) is 11.7. The number of furan rings is 1. The molecule has 7 nitrogen and oxygen atoms in total. The summed E-state index contributed by atoms with van der Waals surface area (Å²) in [5, 5.41) is 9.30. The molecule has 0 spiro atoms. The number of nitrogens with one attached hydrogen (secondary N) is 3. The molecule has 0 unspecified atom stereocenters. The summed E-state index contributed by atoms with van der Waals surface area (Å²) in [7, 11) is -3.65. The Morgan fingerprint density at radius 3 is 2.89 bits per heavy atom. The summed E-state index contributed by atoms with van der Waals surface area (Å²) in [6.45, 7) is 4.88. The van der Waals surface area contributed by atoms with Crippen molar-refractivity contribution in [3.8, 4) is 0 Å². The number of aromatic amines is 1. The number of nitrogens with zero attached hydrogens (tertiary/aromatic N) is 1. The van der Waals surface area contributed by atoms with E-state index >= 15 is 0 Å². The SMILES string of the molecule is CCNCc1cc(S(=O)(=O)Nc2cn[nH]c2)c(C)o1. The van der Waals surface area contributed by atoms with Crippen LogP contribution in [-0.2, 0) is 16.6 Å². The monoisotopic (exact) mass is 284 g/mol. The first-order valence-corrected chi connectivity index (χ1v) is 7.33. The van der Waals surface area contributed by atoms with Gasteiger partial charge in [0.2, 0.25) is 0 Å². The van der Waals surface area contributed by atoms with Crippen LogP contribution in [-0.4, -0.2) is 25.2 Å². The molecule has 0 bridgehead atoms.